The van der Waals surface area contributed by atoms with Crippen molar-refractivity contribution in [3.05, 3.63) is 176 Å². The van der Waals surface area contributed by atoms with Crippen molar-refractivity contribution in [1.29, 1.82) is 0 Å². The van der Waals surface area contributed by atoms with Crippen LogP contribution in [0.15, 0.2) is 109 Å². The second-order valence-corrected chi connectivity index (χ2v) is 26.5. The molecular weight excluding hydrogens is 961 g/mol. The topological polar surface area (TPSA) is 121 Å². The molecule has 0 heterocycles. The van der Waals surface area contributed by atoms with Crippen molar-refractivity contribution < 1.29 is 30.6 Å². The third-order valence-corrected chi connectivity index (χ3v) is 21.7. The molecule has 8 aliphatic rings. The SMILES string of the molecule is Oc1ccc(C(c2ccc(O)c(C3CCCCC3)c2)c2cc(C34CC5CC(C3)CC(c3ccc(O)c(C(c6ccc(O)c(C7CCCCC7)c6)c6ccc(O)c(C7CCCCC7)c6)c3)(C5)C4)ccc2O)cc1C1CCCCC1. The maximum Gasteiger partial charge on any atom is 0.119 e. The molecule has 8 aliphatic carbocycles. The van der Waals surface area contributed by atoms with Gasteiger partial charge in [-0.3, -0.25) is 0 Å². The maximum absolute atomic E-state index is 12.3. The Labute approximate surface area is 464 Å². The molecule has 0 spiro atoms. The van der Waals surface area contributed by atoms with E-state index < -0.39 is 0 Å². The zero-order chi connectivity index (χ0) is 53.1. The fraction of sp³-hybridized carbons (Fsp3) is 0.500. The lowest BCUT2D eigenvalue weighted by Gasteiger charge is -2.63. The van der Waals surface area contributed by atoms with E-state index in [-0.39, 0.29) is 34.2 Å². The highest BCUT2D eigenvalue weighted by Gasteiger charge is 2.59. The van der Waals surface area contributed by atoms with E-state index in [9.17, 15) is 30.6 Å². The molecule has 0 atom stereocenters. The fourth-order valence-corrected chi connectivity index (χ4v) is 18.2. The molecule has 14 rings (SSSR count). The van der Waals surface area contributed by atoms with Crippen molar-refractivity contribution in [2.75, 3.05) is 0 Å². The van der Waals surface area contributed by atoms with Crippen molar-refractivity contribution in [2.45, 2.75) is 213 Å². The van der Waals surface area contributed by atoms with Crippen LogP contribution >= 0.6 is 0 Å². The number of rotatable bonds is 12. The molecule has 0 amide bonds. The average molecular weight is 1050 g/mol. The minimum Gasteiger partial charge on any atom is -0.508 e. The van der Waals surface area contributed by atoms with Gasteiger partial charge in [0, 0.05) is 23.0 Å². The van der Waals surface area contributed by atoms with Gasteiger partial charge in [-0.2, -0.15) is 0 Å². The summed E-state index contributed by atoms with van der Waals surface area (Å²) in [6, 6.07) is 38.0. The molecule has 0 aromatic heterocycles. The van der Waals surface area contributed by atoms with Gasteiger partial charge in [0.2, 0.25) is 0 Å². The van der Waals surface area contributed by atoms with Crippen molar-refractivity contribution in [3.8, 4) is 34.5 Å². The molecule has 6 N–H and O–H groups in total. The van der Waals surface area contributed by atoms with Crippen LogP contribution in [0.5, 0.6) is 34.5 Å². The molecule has 8 saturated carbocycles. The highest BCUT2D eigenvalue weighted by molar-refractivity contribution is 5.58. The van der Waals surface area contributed by atoms with Gasteiger partial charge in [-0.05, 0) is 228 Å². The third kappa shape index (κ3) is 9.67. The Kier molecular flexibility index (Phi) is 14.1. The molecule has 6 aromatic carbocycles. The number of benzene rings is 6. The molecule has 6 aromatic rings. The molecule has 6 nitrogen and oxygen atoms in total. The van der Waals surface area contributed by atoms with Gasteiger partial charge in [-0.1, -0.05) is 150 Å². The molecule has 408 valence electrons. The monoisotopic (exact) mass is 1040 g/mol. The van der Waals surface area contributed by atoms with Crippen molar-refractivity contribution in [3.63, 3.8) is 0 Å². The van der Waals surface area contributed by atoms with Gasteiger partial charge >= 0.3 is 0 Å². The minimum atomic E-state index is -0.313. The van der Waals surface area contributed by atoms with Crippen LogP contribution in [-0.2, 0) is 10.8 Å². The van der Waals surface area contributed by atoms with Crippen molar-refractivity contribution >= 4 is 0 Å². The van der Waals surface area contributed by atoms with Gasteiger partial charge in [0.05, 0.1) is 0 Å². The Balaban J connectivity index is 0.909. The predicted octanol–water partition coefficient (Wildman–Crippen LogP) is 18.3. The van der Waals surface area contributed by atoms with Crippen LogP contribution in [-0.4, -0.2) is 30.6 Å². The van der Waals surface area contributed by atoms with Crippen LogP contribution in [0, 0.1) is 11.8 Å². The first kappa shape index (κ1) is 51.6. The molecular formula is C72H84O6. The van der Waals surface area contributed by atoms with Crippen LogP contribution in [0.1, 0.15) is 269 Å². The van der Waals surface area contributed by atoms with Crippen LogP contribution in [0.4, 0.5) is 0 Å². The maximum atomic E-state index is 12.3. The lowest BCUT2D eigenvalue weighted by Crippen LogP contribution is -2.56. The van der Waals surface area contributed by atoms with Crippen LogP contribution < -0.4 is 0 Å². The summed E-state index contributed by atoms with van der Waals surface area (Å²) >= 11 is 0. The average Bonchev–Trinajstić information content (AvgIpc) is 3.44. The van der Waals surface area contributed by atoms with E-state index in [1.165, 1.54) is 94.6 Å². The van der Waals surface area contributed by atoms with E-state index in [2.05, 4.69) is 72.8 Å². The minimum absolute atomic E-state index is 0.114. The van der Waals surface area contributed by atoms with E-state index in [1.54, 1.807) is 0 Å². The lowest BCUT2D eigenvalue weighted by molar-refractivity contribution is -0.0282. The number of hydrogen-bond acceptors (Lipinski definition) is 6. The summed E-state index contributed by atoms with van der Waals surface area (Å²) in [5, 5.41) is 70.6. The summed E-state index contributed by atoms with van der Waals surface area (Å²) in [6.45, 7) is 0. The van der Waals surface area contributed by atoms with Gasteiger partial charge in [-0.15, -0.1) is 0 Å². The summed E-state index contributed by atoms with van der Waals surface area (Å²) in [6.07, 6.45) is 29.5. The first-order valence-corrected chi connectivity index (χ1v) is 31.0. The van der Waals surface area contributed by atoms with Crippen molar-refractivity contribution in [2.24, 2.45) is 11.8 Å². The van der Waals surface area contributed by atoms with Crippen LogP contribution in [0.25, 0.3) is 0 Å². The highest BCUT2D eigenvalue weighted by Crippen LogP contribution is 2.67. The normalized spacial score (nSPS) is 25.3. The molecule has 0 saturated heterocycles. The van der Waals surface area contributed by atoms with Gasteiger partial charge in [0.1, 0.15) is 34.5 Å². The quantitative estimate of drug-likeness (QED) is 0.0679. The summed E-state index contributed by atoms with van der Waals surface area (Å²) in [5.74, 6) is 3.66. The predicted molar refractivity (Wildman–Crippen MR) is 312 cm³/mol. The number of aromatic hydroxyl groups is 6. The Morgan fingerprint density at radius 3 is 0.859 bits per heavy atom. The summed E-state index contributed by atoms with van der Waals surface area (Å²) in [7, 11) is 0. The van der Waals surface area contributed by atoms with Crippen LogP contribution in [0.2, 0.25) is 0 Å². The highest BCUT2D eigenvalue weighted by atomic mass is 16.3. The Morgan fingerprint density at radius 1 is 0.308 bits per heavy atom. The van der Waals surface area contributed by atoms with E-state index in [4.69, 9.17) is 0 Å². The van der Waals surface area contributed by atoms with Gasteiger partial charge in [0.25, 0.3) is 0 Å². The second-order valence-electron chi connectivity index (χ2n) is 26.5. The Hall–Kier alpha value is -5.88. The largest absolute Gasteiger partial charge is 0.508 e. The first-order chi connectivity index (χ1) is 38.0. The van der Waals surface area contributed by atoms with E-state index in [1.807, 2.05) is 36.4 Å². The summed E-state index contributed by atoms with van der Waals surface area (Å²) in [4.78, 5) is 0. The van der Waals surface area contributed by atoms with E-state index in [0.717, 1.165) is 139 Å². The molecule has 4 bridgehead atoms. The molecule has 8 fully saturated rings. The first-order valence-electron chi connectivity index (χ1n) is 31.0. The molecule has 78 heavy (non-hydrogen) atoms. The van der Waals surface area contributed by atoms with E-state index >= 15 is 0 Å². The summed E-state index contributed by atoms with van der Waals surface area (Å²) < 4.78 is 0. The van der Waals surface area contributed by atoms with Gasteiger partial charge < -0.3 is 30.6 Å². The Morgan fingerprint density at radius 2 is 0.577 bits per heavy atom. The smallest absolute Gasteiger partial charge is 0.119 e. The number of phenols is 6. The zero-order valence-electron chi connectivity index (χ0n) is 46.1. The third-order valence-electron chi connectivity index (χ3n) is 21.7. The summed E-state index contributed by atoms with van der Waals surface area (Å²) in [5.41, 5.74) is 12.5. The second kappa shape index (κ2) is 21.3. The van der Waals surface area contributed by atoms with Crippen molar-refractivity contribution in [1.82, 2.24) is 0 Å². The van der Waals surface area contributed by atoms with Crippen LogP contribution in [0.3, 0.4) is 0 Å². The number of phenolic OH excluding ortho intramolecular Hbond substituents is 6. The van der Waals surface area contributed by atoms with Gasteiger partial charge in [0.15, 0.2) is 0 Å². The molecule has 0 radical (unpaired) electrons. The van der Waals surface area contributed by atoms with E-state index in [0.29, 0.717) is 58.5 Å². The molecule has 0 unspecified atom stereocenters. The zero-order valence-corrected chi connectivity index (χ0v) is 46.1. The molecule has 6 heteroatoms. The standard InChI is InChI=1S/C72H84O6/c73-63-27-21-51(34-57(63)47-13-5-1-6-14-47)69(52-22-28-64(74)58(35-52)48-15-7-2-8-16-48)61-38-55(25-31-67(61)77)71-40-45-33-46(41-71)43-72(42-45,44-71)56-26-32-68(78)62(39-56)70(53-23-29-65(75)59(36-53)49-17-9-3-10-18-49)54-24-30-66(76)60(37-54)50-19-11-4-12-20-50/h21-32,34-39,45-50,69-70,73-78H,1-20,33,40-44H2. The fourth-order valence-electron chi connectivity index (χ4n) is 18.2. The van der Waals surface area contributed by atoms with Gasteiger partial charge in [-0.25, -0.2) is 0 Å². The Bertz CT molecular complexity index is 2790. The number of hydrogen-bond donors (Lipinski definition) is 6. The lowest BCUT2D eigenvalue weighted by atomic mass is 9.41. The molecule has 0 aliphatic heterocycles.